The van der Waals surface area contributed by atoms with Crippen LogP contribution in [0.15, 0.2) is 34.0 Å². The van der Waals surface area contributed by atoms with E-state index in [1.165, 1.54) is 6.07 Å². The van der Waals surface area contributed by atoms with E-state index in [4.69, 9.17) is 4.52 Å². The van der Waals surface area contributed by atoms with Crippen LogP contribution in [-0.2, 0) is 5.54 Å². The zero-order valence-corrected chi connectivity index (χ0v) is 17.6. The van der Waals surface area contributed by atoms with E-state index in [-0.39, 0.29) is 19.2 Å². The molecule has 0 radical (unpaired) electrons. The number of carbonyl (C=O) groups is 1. The Morgan fingerprint density at radius 1 is 1.39 bits per heavy atom. The number of rotatable bonds is 3. The molecule has 1 saturated carbocycles. The topological polar surface area (TPSA) is 108 Å². The minimum absolute atomic E-state index is 0. The van der Waals surface area contributed by atoms with Crippen LogP contribution >= 0.6 is 0 Å². The summed E-state index contributed by atoms with van der Waals surface area (Å²) in [6, 6.07) is 2.67. The van der Waals surface area contributed by atoms with Crippen LogP contribution in [0.1, 0.15) is 50.5 Å². The van der Waals surface area contributed by atoms with Gasteiger partial charge in [-0.2, -0.15) is 4.98 Å². The standard InChI is InChI=1S/C21H24FN7O2.H2/c1-11-6-14-10-21(9-11,19-25-13(3)28-31-19)29(14)20(30)26-17-8-15(12(2)7-16(17)22)18-23-4-5-24-27-18;/h4-5,7-8,11,14,24H,6,9-10H2,1-3H3,(H,23,27)(H,26,30);1H/t11-,14?,21?;/m1./s1. The molecule has 0 spiro atoms. The predicted molar refractivity (Wildman–Crippen MR) is 114 cm³/mol. The minimum Gasteiger partial charge on any atom is -0.337 e. The number of amidine groups is 1. The molecular weight excluding hydrogens is 401 g/mol. The second-order valence-corrected chi connectivity index (χ2v) is 8.59. The number of anilines is 1. The lowest BCUT2D eigenvalue weighted by molar-refractivity contribution is -0.112. The lowest BCUT2D eigenvalue weighted by atomic mass is 9.64. The Kier molecular flexibility index (Phi) is 4.45. The molecule has 2 fully saturated rings. The Morgan fingerprint density at radius 3 is 2.94 bits per heavy atom. The molecule has 1 aliphatic carbocycles. The number of amides is 2. The van der Waals surface area contributed by atoms with Gasteiger partial charge in [0.2, 0.25) is 0 Å². The van der Waals surface area contributed by atoms with Crippen LogP contribution in [0.4, 0.5) is 14.9 Å². The lowest BCUT2D eigenvalue weighted by Crippen LogP contribution is -2.70. The fraction of sp³-hybridized carbons (Fsp3) is 0.429. The predicted octanol–water partition coefficient (Wildman–Crippen LogP) is 3.33. The minimum atomic E-state index is -0.637. The second kappa shape index (κ2) is 7.07. The molecule has 2 amide bonds. The molecule has 164 valence electrons. The number of hydrogen-bond acceptors (Lipinski definition) is 7. The Labute approximate surface area is 180 Å². The van der Waals surface area contributed by atoms with Crippen LogP contribution in [-0.4, -0.2) is 32.9 Å². The van der Waals surface area contributed by atoms with Gasteiger partial charge in [0.05, 0.1) is 5.69 Å². The molecule has 2 aliphatic heterocycles. The lowest BCUT2D eigenvalue weighted by Gasteiger charge is -2.61. The van der Waals surface area contributed by atoms with Gasteiger partial charge in [-0.05, 0) is 50.3 Å². The van der Waals surface area contributed by atoms with Crippen molar-refractivity contribution < 1.29 is 15.1 Å². The maximum Gasteiger partial charge on any atom is 0.323 e. The van der Waals surface area contributed by atoms with Crippen LogP contribution in [0, 0.1) is 25.6 Å². The summed E-state index contributed by atoms with van der Waals surface area (Å²) in [5.41, 5.74) is 6.63. The number of fused-ring (bicyclic) bond motifs is 2. The number of aromatic nitrogens is 2. The fourth-order valence-electron chi connectivity index (χ4n) is 5.06. The van der Waals surface area contributed by atoms with E-state index in [9.17, 15) is 9.18 Å². The van der Waals surface area contributed by atoms with E-state index >= 15 is 0 Å². The van der Waals surface area contributed by atoms with Crippen LogP contribution in [0.2, 0.25) is 0 Å². The van der Waals surface area contributed by atoms with E-state index in [1.54, 1.807) is 37.2 Å². The number of urea groups is 1. The summed E-state index contributed by atoms with van der Waals surface area (Å²) < 4.78 is 20.2. The first kappa shape index (κ1) is 19.5. The number of halogens is 1. The van der Waals surface area contributed by atoms with Crippen molar-refractivity contribution in [1.29, 1.82) is 0 Å². The molecule has 9 nitrogen and oxygen atoms in total. The smallest absolute Gasteiger partial charge is 0.323 e. The summed E-state index contributed by atoms with van der Waals surface area (Å²) in [5.74, 6) is 1.45. The monoisotopic (exact) mass is 427 g/mol. The number of benzene rings is 1. The second-order valence-electron chi connectivity index (χ2n) is 8.59. The molecule has 1 aromatic carbocycles. The normalized spacial score (nSPS) is 26.5. The number of hydrogen-bond donors (Lipinski definition) is 3. The Bertz CT molecular complexity index is 1120. The highest BCUT2D eigenvalue weighted by atomic mass is 19.1. The first-order valence-electron chi connectivity index (χ1n) is 10.3. The van der Waals surface area contributed by atoms with Gasteiger partial charge < -0.3 is 20.2 Å². The Morgan fingerprint density at radius 2 is 2.23 bits per heavy atom. The van der Waals surface area contributed by atoms with Gasteiger partial charge in [-0.3, -0.25) is 5.43 Å². The first-order chi connectivity index (χ1) is 14.9. The van der Waals surface area contributed by atoms with Gasteiger partial charge in [0, 0.05) is 31.9 Å². The van der Waals surface area contributed by atoms with Gasteiger partial charge in [0.1, 0.15) is 11.4 Å². The van der Waals surface area contributed by atoms with Gasteiger partial charge in [-0.15, -0.1) is 0 Å². The van der Waals surface area contributed by atoms with E-state index in [2.05, 4.69) is 38.2 Å². The number of carbonyl (C=O) groups excluding carboxylic acids is 1. The third-order valence-electron chi connectivity index (χ3n) is 6.27. The van der Waals surface area contributed by atoms with Crippen molar-refractivity contribution >= 4 is 17.6 Å². The summed E-state index contributed by atoms with van der Waals surface area (Å²) >= 11 is 0. The van der Waals surface area contributed by atoms with Crippen LogP contribution in [0.25, 0.3) is 0 Å². The van der Waals surface area contributed by atoms with Crippen molar-refractivity contribution in [2.45, 2.75) is 51.6 Å². The van der Waals surface area contributed by atoms with Gasteiger partial charge in [0.15, 0.2) is 11.7 Å². The zero-order chi connectivity index (χ0) is 21.8. The first-order valence-corrected chi connectivity index (χ1v) is 10.3. The number of likely N-dealkylation sites (tertiary alicyclic amines) is 1. The van der Waals surface area contributed by atoms with Crippen molar-refractivity contribution in [3.8, 4) is 0 Å². The van der Waals surface area contributed by atoms with Gasteiger partial charge in [-0.1, -0.05) is 12.1 Å². The van der Waals surface area contributed by atoms with Gasteiger partial charge in [-0.25, -0.2) is 14.2 Å². The third kappa shape index (κ3) is 3.13. The van der Waals surface area contributed by atoms with Gasteiger partial charge in [0.25, 0.3) is 5.89 Å². The number of piperidine rings is 1. The molecular formula is C21H26FN7O2. The summed E-state index contributed by atoms with van der Waals surface area (Å²) in [7, 11) is 0. The van der Waals surface area contributed by atoms with Gasteiger partial charge >= 0.3 is 6.03 Å². The average molecular weight is 427 g/mol. The Balaban J connectivity index is 0.00000245. The van der Waals surface area contributed by atoms with E-state index < -0.39 is 11.4 Å². The van der Waals surface area contributed by atoms with Crippen LogP contribution in [0.3, 0.4) is 0 Å². The molecule has 2 unspecified atom stereocenters. The maximum atomic E-state index is 14.8. The fourth-order valence-corrected chi connectivity index (χ4v) is 5.06. The summed E-state index contributed by atoms with van der Waals surface area (Å²) in [6.45, 7) is 5.71. The third-order valence-corrected chi connectivity index (χ3v) is 6.27. The summed E-state index contributed by atoms with van der Waals surface area (Å²) in [5, 5.41) is 6.68. The molecule has 2 bridgehead atoms. The largest absolute Gasteiger partial charge is 0.337 e. The molecule has 3 heterocycles. The van der Waals surface area contributed by atoms with Crippen molar-refractivity contribution in [2.24, 2.45) is 10.9 Å². The van der Waals surface area contributed by atoms with E-state index in [0.717, 1.165) is 19.3 Å². The maximum absolute atomic E-state index is 14.8. The molecule has 1 saturated heterocycles. The molecule has 3 aliphatic rings. The van der Waals surface area contributed by atoms with Crippen LogP contribution < -0.4 is 16.2 Å². The number of aliphatic imine (C=N–C) groups is 1. The van der Waals surface area contributed by atoms with Crippen molar-refractivity contribution in [3.05, 3.63) is 53.2 Å². The number of nitrogens with one attached hydrogen (secondary N) is 3. The SMILES string of the molecule is Cc1noc(C23CC(C[C@@H](C)C2)N3C(=O)Nc2cc(C3=NC=CNN3)c(C)cc2F)n1.[HH]. The van der Waals surface area contributed by atoms with Crippen molar-refractivity contribution in [1.82, 2.24) is 25.9 Å². The van der Waals surface area contributed by atoms with Crippen LogP contribution in [0.5, 0.6) is 0 Å². The highest BCUT2D eigenvalue weighted by molar-refractivity contribution is 6.02. The quantitative estimate of drug-likeness (QED) is 0.694. The van der Waals surface area contributed by atoms with Crippen molar-refractivity contribution in [3.63, 3.8) is 0 Å². The highest BCUT2D eigenvalue weighted by Crippen LogP contribution is 2.55. The molecule has 3 atom stereocenters. The number of hydrazine groups is 1. The summed E-state index contributed by atoms with van der Waals surface area (Å²) in [4.78, 5) is 23.7. The molecule has 5 rings (SSSR count). The number of aryl methyl sites for hydroxylation is 2. The highest BCUT2D eigenvalue weighted by Gasteiger charge is 2.62. The molecule has 2 aromatic rings. The van der Waals surface area contributed by atoms with Crippen molar-refractivity contribution in [2.75, 3.05) is 5.32 Å². The molecule has 1 aromatic heterocycles. The zero-order valence-electron chi connectivity index (χ0n) is 17.6. The molecule has 10 heteroatoms. The van der Waals surface area contributed by atoms with E-state index in [0.29, 0.717) is 34.6 Å². The average Bonchev–Trinajstić information content (AvgIpc) is 3.17. The molecule has 3 N–H and O–H groups in total. The molecule has 31 heavy (non-hydrogen) atoms. The number of nitrogens with zero attached hydrogens (tertiary/aromatic N) is 4. The van der Waals surface area contributed by atoms with E-state index in [1.807, 2.05) is 0 Å². The summed E-state index contributed by atoms with van der Waals surface area (Å²) in [6.07, 6.45) is 5.65. The Hall–Kier alpha value is -3.43.